The molecule has 1 aliphatic heterocycles. The van der Waals surface area contributed by atoms with Crippen molar-refractivity contribution in [3.05, 3.63) is 24.0 Å². The van der Waals surface area contributed by atoms with Crippen molar-refractivity contribution in [3.63, 3.8) is 0 Å². The molecular weight excluding hydrogens is 236 g/mol. The zero-order valence-electron chi connectivity index (χ0n) is 12.4. The van der Waals surface area contributed by atoms with Crippen LogP contribution in [-0.2, 0) is 0 Å². The average molecular weight is 262 g/mol. The zero-order chi connectivity index (χ0) is 13.9. The molecule has 106 valence electrons. The fraction of sp³-hybridized carbons (Fsp3) is 0.688. The highest BCUT2D eigenvalue weighted by atomic mass is 16.3. The lowest BCUT2D eigenvalue weighted by atomic mass is 9.82. The third-order valence-corrected chi connectivity index (χ3v) is 4.80. The number of rotatable bonds is 5. The number of hydrogen-bond acceptors (Lipinski definition) is 3. The van der Waals surface area contributed by atoms with Crippen LogP contribution in [-0.4, -0.2) is 23.2 Å². The molecule has 0 bridgehead atoms. The fourth-order valence-electron chi connectivity index (χ4n) is 2.97. The molecule has 1 aliphatic rings. The van der Waals surface area contributed by atoms with Crippen LogP contribution >= 0.6 is 0 Å². The smallest absolute Gasteiger partial charge is 0.0957 e. The van der Waals surface area contributed by atoms with E-state index in [-0.39, 0.29) is 0 Å². The van der Waals surface area contributed by atoms with E-state index in [9.17, 15) is 5.11 Å². The molecule has 1 saturated heterocycles. The second-order valence-electron chi connectivity index (χ2n) is 5.74. The number of aromatic nitrogens is 1. The lowest BCUT2D eigenvalue weighted by Crippen LogP contribution is -2.26. The molecule has 1 atom stereocenters. The lowest BCUT2D eigenvalue weighted by Gasteiger charge is -2.27. The van der Waals surface area contributed by atoms with Gasteiger partial charge in [0, 0.05) is 13.1 Å². The minimum atomic E-state index is -0.432. The summed E-state index contributed by atoms with van der Waals surface area (Å²) >= 11 is 0. The monoisotopic (exact) mass is 262 g/mol. The molecule has 0 spiro atoms. The third kappa shape index (κ3) is 2.92. The molecule has 1 N–H and O–H groups in total. The standard InChI is InChI=1S/C16H26N2O/c1-4-15(19)14-8-7-13(11-17-14)18-10-9-16(5-2,6-3)12-18/h7-8,11,15,19H,4-6,9-10,12H2,1-3H3/t15-/m0/s1. The Hall–Kier alpha value is -1.09. The second-order valence-corrected chi connectivity index (χ2v) is 5.74. The molecule has 0 saturated carbocycles. The van der Waals surface area contributed by atoms with E-state index in [4.69, 9.17) is 0 Å². The highest BCUT2D eigenvalue weighted by Crippen LogP contribution is 2.38. The van der Waals surface area contributed by atoms with Crippen molar-refractivity contribution in [1.82, 2.24) is 4.98 Å². The summed E-state index contributed by atoms with van der Waals surface area (Å²) in [5.41, 5.74) is 2.46. The molecule has 0 amide bonds. The van der Waals surface area contributed by atoms with Crippen LogP contribution in [0.25, 0.3) is 0 Å². The Balaban J connectivity index is 2.08. The second kappa shape index (κ2) is 5.91. The topological polar surface area (TPSA) is 36.4 Å². The number of aliphatic hydroxyl groups is 1. The summed E-state index contributed by atoms with van der Waals surface area (Å²) < 4.78 is 0. The van der Waals surface area contributed by atoms with E-state index in [1.165, 1.54) is 24.9 Å². The molecule has 3 heteroatoms. The maximum Gasteiger partial charge on any atom is 0.0957 e. The number of pyridine rings is 1. The molecule has 3 nitrogen and oxygen atoms in total. The van der Waals surface area contributed by atoms with E-state index >= 15 is 0 Å². The molecular formula is C16H26N2O. The number of hydrogen-bond donors (Lipinski definition) is 1. The summed E-state index contributed by atoms with van der Waals surface area (Å²) in [5, 5.41) is 9.77. The number of anilines is 1. The van der Waals surface area contributed by atoms with Crippen LogP contribution in [0.5, 0.6) is 0 Å². The predicted molar refractivity (Wildman–Crippen MR) is 79.3 cm³/mol. The van der Waals surface area contributed by atoms with E-state index in [1.807, 2.05) is 19.2 Å². The minimum absolute atomic E-state index is 0.432. The summed E-state index contributed by atoms with van der Waals surface area (Å²) in [7, 11) is 0. The Morgan fingerprint density at radius 2 is 2.05 bits per heavy atom. The molecule has 0 radical (unpaired) electrons. The van der Waals surface area contributed by atoms with E-state index in [0.717, 1.165) is 18.8 Å². The van der Waals surface area contributed by atoms with Gasteiger partial charge in [0.1, 0.15) is 0 Å². The maximum atomic E-state index is 9.77. The number of nitrogens with zero attached hydrogens (tertiary/aromatic N) is 2. The first-order valence-electron chi connectivity index (χ1n) is 7.53. The Bertz CT molecular complexity index is 398. The van der Waals surface area contributed by atoms with Crippen molar-refractivity contribution in [1.29, 1.82) is 0 Å². The molecule has 2 heterocycles. The van der Waals surface area contributed by atoms with Gasteiger partial charge in [0.05, 0.1) is 23.7 Å². The van der Waals surface area contributed by atoms with Crippen LogP contribution in [0.2, 0.25) is 0 Å². The Kier molecular flexibility index (Phi) is 4.46. The van der Waals surface area contributed by atoms with E-state index in [0.29, 0.717) is 11.8 Å². The first kappa shape index (κ1) is 14.3. The van der Waals surface area contributed by atoms with Gasteiger partial charge < -0.3 is 10.0 Å². The predicted octanol–water partition coefficient (Wildman–Crippen LogP) is 3.54. The first-order valence-corrected chi connectivity index (χ1v) is 7.53. The Morgan fingerprint density at radius 1 is 1.32 bits per heavy atom. The van der Waals surface area contributed by atoms with E-state index in [2.05, 4.69) is 29.8 Å². The molecule has 0 unspecified atom stereocenters. The van der Waals surface area contributed by atoms with Crippen molar-refractivity contribution >= 4 is 5.69 Å². The highest BCUT2D eigenvalue weighted by Gasteiger charge is 2.34. The molecule has 0 aliphatic carbocycles. The molecule has 1 aromatic heterocycles. The van der Waals surface area contributed by atoms with E-state index < -0.39 is 6.10 Å². The normalized spacial score (nSPS) is 19.7. The van der Waals surface area contributed by atoms with Gasteiger partial charge in [-0.05, 0) is 43.2 Å². The average Bonchev–Trinajstić information content (AvgIpc) is 2.92. The third-order valence-electron chi connectivity index (χ3n) is 4.80. The van der Waals surface area contributed by atoms with Gasteiger partial charge in [-0.25, -0.2) is 0 Å². The summed E-state index contributed by atoms with van der Waals surface area (Å²) in [6.45, 7) is 8.83. The van der Waals surface area contributed by atoms with E-state index in [1.54, 1.807) is 0 Å². The van der Waals surface area contributed by atoms with Crippen LogP contribution in [0.4, 0.5) is 5.69 Å². The van der Waals surface area contributed by atoms with Crippen molar-refractivity contribution in [2.75, 3.05) is 18.0 Å². The molecule has 2 rings (SSSR count). The van der Waals surface area contributed by atoms with Crippen LogP contribution < -0.4 is 4.90 Å². The van der Waals surface area contributed by atoms with Crippen LogP contribution in [0.1, 0.15) is 58.3 Å². The van der Waals surface area contributed by atoms with Crippen LogP contribution in [0.3, 0.4) is 0 Å². The first-order chi connectivity index (χ1) is 9.14. The summed E-state index contributed by atoms with van der Waals surface area (Å²) in [6.07, 6.45) is 5.97. The van der Waals surface area contributed by atoms with Crippen molar-refractivity contribution in [2.45, 2.75) is 52.6 Å². The molecule has 0 aromatic carbocycles. The van der Waals surface area contributed by atoms with Crippen molar-refractivity contribution in [3.8, 4) is 0 Å². The van der Waals surface area contributed by atoms with Gasteiger partial charge in [-0.2, -0.15) is 0 Å². The number of aliphatic hydroxyl groups excluding tert-OH is 1. The maximum absolute atomic E-state index is 9.77. The van der Waals surface area contributed by atoms with Crippen molar-refractivity contribution < 1.29 is 5.11 Å². The van der Waals surface area contributed by atoms with Gasteiger partial charge in [-0.1, -0.05) is 20.8 Å². The van der Waals surface area contributed by atoms with Crippen LogP contribution in [0.15, 0.2) is 18.3 Å². The van der Waals surface area contributed by atoms with Crippen LogP contribution in [0, 0.1) is 5.41 Å². The minimum Gasteiger partial charge on any atom is -0.387 e. The molecule has 1 fully saturated rings. The quantitative estimate of drug-likeness (QED) is 0.881. The summed E-state index contributed by atoms with van der Waals surface area (Å²) in [6, 6.07) is 4.06. The zero-order valence-corrected chi connectivity index (χ0v) is 12.4. The van der Waals surface area contributed by atoms with Gasteiger partial charge in [0.25, 0.3) is 0 Å². The Morgan fingerprint density at radius 3 is 2.53 bits per heavy atom. The van der Waals surface area contributed by atoms with Gasteiger partial charge >= 0.3 is 0 Å². The summed E-state index contributed by atoms with van der Waals surface area (Å²) in [5.74, 6) is 0. The highest BCUT2D eigenvalue weighted by molar-refractivity contribution is 5.46. The molecule has 19 heavy (non-hydrogen) atoms. The Labute approximate surface area is 116 Å². The summed E-state index contributed by atoms with van der Waals surface area (Å²) in [4.78, 5) is 6.83. The van der Waals surface area contributed by atoms with Gasteiger partial charge in [0.15, 0.2) is 0 Å². The van der Waals surface area contributed by atoms with Crippen molar-refractivity contribution in [2.24, 2.45) is 5.41 Å². The van der Waals surface area contributed by atoms with Gasteiger partial charge in [-0.15, -0.1) is 0 Å². The fourth-order valence-corrected chi connectivity index (χ4v) is 2.97. The molecule has 1 aromatic rings. The van der Waals surface area contributed by atoms with Gasteiger partial charge in [0.2, 0.25) is 0 Å². The van der Waals surface area contributed by atoms with Gasteiger partial charge in [-0.3, -0.25) is 4.98 Å². The largest absolute Gasteiger partial charge is 0.387 e. The lowest BCUT2D eigenvalue weighted by molar-refractivity contribution is 0.169. The SMILES string of the molecule is CC[C@H](O)c1ccc(N2CCC(CC)(CC)C2)cn1.